The van der Waals surface area contributed by atoms with E-state index in [0.29, 0.717) is 16.7 Å². The quantitative estimate of drug-likeness (QED) is 0.434. The summed E-state index contributed by atoms with van der Waals surface area (Å²) in [4.78, 5) is 0. The third-order valence-electron chi connectivity index (χ3n) is 4.55. The Morgan fingerprint density at radius 3 is 2.33 bits per heavy atom. The fourth-order valence-corrected chi connectivity index (χ4v) is 3.12. The Hall–Kier alpha value is -0.530. The van der Waals surface area contributed by atoms with Crippen LogP contribution in [0, 0.1) is 16.7 Å². The van der Waals surface area contributed by atoms with E-state index < -0.39 is 0 Å². The van der Waals surface area contributed by atoms with E-state index >= 15 is 0 Å². The van der Waals surface area contributed by atoms with Gasteiger partial charge in [0.05, 0.1) is 0 Å². The minimum atomic E-state index is 0.422. The van der Waals surface area contributed by atoms with Crippen molar-refractivity contribution in [3.63, 3.8) is 0 Å². The fraction of sp³-hybridized carbons (Fsp3) is 0.900. The predicted octanol–water partition coefficient (Wildman–Crippen LogP) is 2.15. The molecular formula is C10H18N2. The van der Waals surface area contributed by atoms with Gasteiger partial charge in [0.2, 0.25) is 0 Å². The molecule has 0 aromatic carbocycles. The van der Waals surface area contributed by atoms with Crippen molar-refractivity contribution < 1.29 is 0 Å². The van der Waals surface area contributed by atoms with Crippen LogP contribution in [0.2, 0.25) is 0 Å². The third kappa shape index (κ3) is 0.686. The van der Waals surface area contributed by atoms with Crippen LogP contribution in [-0.2, 0) is 0 Å². The molecule has 2 nitrogen and oxygen atoms in total. The minimum absolute atomic E-state index is 0.422. The van der Waals surface area contributed by atoms with Gasteiger partial charge in [0, 0.05) is 11.6 Å². The van der Waals surface area contributed by atoms with Crippen molar-refractivity contribution in [2.45, 2.75) is 40.0 Å². The molecule has 0 saturated heterocycles. The first-order chi connectivity index (χ1) is 5.51. The van der Waals surface area contributed by atoms with E-state index in [4.69, 9.17) is 5.84 Å². The molecule has 2 bridgehead atoms. The summed E-state index contributed by atoms with van der Waals surface area (Å²) in [6.45, 7) is 7.11. The summed E-state index contributed by atoms with van der Waals surface area (Å²) < 4.78 is 0. The highest BCUT2D eigenvalue weighted by molar-refractivity contribution is 5.91. The second kappa shape index (κ2) is 2.04. The first kappa shape index (κ1) is 8.09. The van der Waals surface area contributed by atoms with Gasteiger partial charge >= 0.3 is 0 Å². The molecule has 0 amide bonds. The summed E-state index contributed by atoms with van der Waals surface area (Å²) in [5.74, 6) is 6.05. The number of hydrogen-bond acceptors (Lipinski definition) is 2. The van der Waals surface area contributed by atoms with Gasteiger partial charge in [0.15, 0.2) is 0 Å². The van der Waals surface area contributed by atoms with Crippen LogP contribution < -0.4 is 5.84 Å². The second-order valence-corrected chi connectivity index (χ2v) is 5.17. The van der Waals surface area contributed by atoms with Gasteiger partial charge in [-0.25, -0.2) is 0 Å². The summed E-state index contributed by atoms with van der Waals surface area (Å²) in [5.41, 5.74) is 2.15. The molecule has 2 fully saturated rings. The second-order valence-electron chi connectivity index (χ2n) is 5.17. The molecule has 68 valence electrons. The molecule has 2 heteroatoms. The predicted molar refractivity (Wildman–Crippen MR) is 50.9 cm³/mol. The Morgan fingerprint density at radius 2 is 2.08 bits per heavy atom. The van der Waals surface area contributed by atoms with Crippen molar-refractivity contribution in [1.82, 2.24) is 0 Å². The summed E-state index contributed by atoms with van der Waals surface area (Å²) in [6, 6.07) is 0. The zero-order chi connectivity index (χ0) is 8.98. The molecule has 2 unspecified atom stereocenters. The van der Waals surface area contributed by atoms with Crippen molar-refractivity contribution in [1.29, 1.82) is 0 Å². The molecule has 0 heterocycles. The highest BCUT2D eigenvalue weighted by Gasteiger charge is 2.59. The zero-order valence-corrected chi connectivity index (χ0v) is 8.22. The Morgan fingerprint density at radius 1 is 1.42 bits per heavy atom. The van der Waals surface area contributed by atoms with Gasteiger partial charge in [-0.05, 0) is 30.1 Å². The molecular weight excluding hydrogens is 148 g/mol. The maximum atomic E-state index is 5.39. The van der Waals surface area contributed by atoms with Crippen molar-refractivity contribution in [2.75, 3.05) is 0 Å². The van der Waals surface area contributed by atoms with Crippen LogP contribution >= 0.6 is 0 Å². The first-order valence-electron chi connectivity index (χ1n) is 4.78. The number of nitrogens with zero attached hydrogens (tertiary/aromatic N) is 1. The molecule has 0 aromatic heterocycles. The van der Waals surface area contributed by atoms with E-state index in [9.17, 15) is 0 Å². The Labute approximate surface area is 74.2 Å². The van der Waals surface area contributed by atoms with Crippen LogP contribution in [0.3, 0.4) is 0 Å². The summed E-state index contributed by atoms with van der Waals surface area (Å²) in [5, 5.41) is 3.93. The summed E-state index contributed by atoms with van der Waals surface area (Å²) in [7, 11) is 0. The normalized spacial score (nSPS) is 47.2. The van der Waals surface area contributed by atoms with Gasteiger partial charge in [0.1, 0.15) is 0 Å². The minimum Gasteiger partial charge on any atom is -0.323 e. The average Bonchev–Trinajstić information content (AvgIpc) is 2.33. The van der Waals surface area contributed by atoms with E-state index in [1.165, 1.54) is 18.6 Å². The van der Waals surface area contributed by atoms with E-state index in [1.54, 1.807) is 0 Å². The molecule has 2 rings (SSSR count). The third-order valence-corrected chi connectivity index (χ3v) is 4.55. The van der Waals surface area contributed by atoms with Gasteiger partial charge in [0.25, 0.3) is 0 Å². The Bertz CT molecular complexity index is 239. The first-order valence-corrected chi connectivity index (χ1v) is 4.78. The SMILES string of the molecule is CC12CCC(/C(=N\N)C1)C2(C)C. The van der Waals surface area contributed by atoms with Gasteiger partial charge < -0.3 is 5.84 Å². The standard InChI is InChI=1S/C10H18N2/c1-9(2)7-4-5-10(9,3)6-8(7)12-11/h7H,4-6,11H2,1-3H3/b12-8-. The topological polar surface area (TPSA) is 38.4 Å². The Balaban J connectivity index is 2.43. The molecule has 2 N–H and O–H groups in total. The number of hydrogen-bond donors (Lipinski definition) is 1. The van der Waals surface area contributed by atoms with Crippen LogP contribution in [-0.4, -0.2) is 5.71 Å². The molecule has 2 aliphatic carbocycles. The lowest BCUT2D eigenvalue weighted by Crippen LogP contribution is -2.26. The van der Waals surface area contributed by atoms with Crippen molar-refractivity contribution in [2.24, 2.45) is 27.7 Å². The maximum absolute atomic E-state index is 5.39. The molecule has 0 spiro atoms. The van der Waals surface area contributed by atoms with Crippen molar-refractivity contribution >= 4 is 5.71 Å². The molecule has 2 atom stereocenters. The fourth-order valence-electron chi connectivity index (χ4n) is 3.12. The Kier molecular flexibility index (Phi) is 1.37. The van der Waals surface area contributed by atoms with Crippen LogP contribution in [0.1, 0.15) is 40.0 Å². The van der Waals surface area contributed by atoms with E-state index in [2.05, 4.69) is 25.9 Å². The molecule has 2 aliphatic rings. The number of nitrogens with two attached hydrogens (primary N) is 1. The van der Waals surface area contributed by atoms with Gasteiger partial charge in [-0.15, -0.1) is 0 Å². The summed E-state index contributed by atoms with van der Waals surface area (Å²) in [6.07, 6.45) is 3.77. The molecule has 0 radical (unpaired) electrons. The lowest BCUT2D eigenvalue weighted by molar-refractivity contribution is 0.152. The van der Waals surface area contributed by atoms with E-state index in [-0.39, 0.29) is 0 Å². The highest BCUT2D eigenvalue weighted by atomic mass is 15.1. The van der Waals surface area contributed by atoms with Gasteiger partial charge in [-0.1, -0.05) is 20.8 Å². The monoisotopic (exact) mass is 166 g/mol. The smallest absolute Gasteiger partial charge is 0.0417 e. The van der Waals surface area contributed by atoms with Crippen molar-refractivity contribution in [3.8, 4) is 0 Å². The van der Waals surface area contributed by atoms with Crippen LogP contribution in [0.25, 0.3) is 0 Å². The molecule has 0 aliphatic heterocycles. The number of rotatable bonds is 0. The lowest BCUT2D eigenvalue weighted by atomic mass is 9.71. The van der Waals surface area contributed by atoms with Crippen molar-refractivity contribution in [3.05, 3.63) is 0 Å². The summed E-state index contributed by atoms with van der Waals surface area (Å²) >= 11 is 0. The van der Waals surface area contributed by atoms with Crippen LogP contribution in [0.5, 0.6) is 0 Å². The molecule has 12 heavy (non-hydrogen) atoms. The lowest BCUT2D eigenvalue weighted by Gasteiger charge is -2.33. The van der Waals surface area contributed by atoms with E-state index in [0.717, 1.165) is 6.42 Å². The molecule has 2 saturated carbocycles. The van der Waals surface area contributed by atoms with E-state index in [1.807, 2.05) is 0 Å². The van der Waals surface area contributed by atoms with Crippen LogP contribution in [0.4, 0.5) is 0 Å². The largest absolute Gasteiger partial charge is 0.323 e. The van der Waals surface area contributed by atoms with Gasteiger partial charge in [-0.3, -0.25) is 0 Å². The zero-order valence-electron chi connectivity index (χ0n) is 8.22. The average molecular weight is 166 g/mol. The highest BCUT2D eigenvalue weighted by Crippen LogP contribution is 2.64. The number of hydrazone groups is 1. The van der Waals surface area contributed by atoms with Gasteiger partial charge in [-0.2, -0.15) is 5.10 Å². The molecule has 0 aromatic rings. The number of fused-ring (bicyclic) bond motifs is 2. The van der Waals surface area contributed by atoms with Crippen LogP contribution in [0.15, 0.2) is 5.10 Å². The maximum Gasteiger partial charge on any atom is 0.0417 e.